The van der Waals surface area contributed by atoms with Crippen molar-refractivity contribution in [2.75, 3.05) is 19.1 Å². The molecule has 1 heterocycles. The molecule has 6 nitrogen and oxygen atoms in total. The predicted octanol–water partition coefficient (Wildman–Crippen LogP) is 5.29. The van der Waals surface area contributed by atoms with Crippen molar-refractivity contribution in [1.82, 2.24) is 0 Å². The van der Waals surface area contributed by atoms with Crippen molar-refractivity contribution < 1.29 is 24.2 Å². The number of carbonyl (C=O) groups is 2. The van der Waals surface area contributed by atoms with Gasteiger partial charge in [0, 0.05) is 11.3 Å². The van der Waals surface area contributed by atoms with Gasteiger partial charge in [-0.25, -0.2) is 0 Å². The Morgan fingerprint density at radius 2 is 1.67 bits per heavy atom. The summed E-state index contributed by atoms with van der Waals surface area (Å²) in [6, 6.07) is 18.1. The number of carbonyl (C=O) groups excluding carboxylic acids is 2. The average Bonchev–Trinajstić information content (AvgIpc) is 3.09. The highest BCUT2D eigenvalue weighted by Crippen LogP contribution is 2.44. The maximum Gasteiger partial charge on any atom is 0.300 e. The first-order valence-electron chi connectivity index (χ1n) is 10.2. The molecule has 3 aromatic carbocycles. The van der Waals surface area contributed by atoms with E-state index in [0.29, 0.717) is 27.8 Å². The fourth-order valence-electron chi connectivity index (χ4n) is 4.00. The van der Waals surface area contributed by atoms with Gasteiger partial charge in [-0.2, -0.15) is 0 Å². The molecule has 0 bridgehead atoms. The quantitative estimate of drug-likeness (QED) is 0.316. The van der Waals surface area contributed by atoms with E-state index >= 15 is 0 Å². The highest BCUT2D eigenvalue weighted by molar-refractivity contribution is 6.52. The molecule has 0 aliphatic carbocycles. The fraction of sp³-hybridized carbons (Fsp3) is 0.154. The number of hydrogen-bond acceptors (Lipinski definition) is 5. The molecule has 1 unspecified atom stereocenters. The van der Waals surface area contributed by atoms with E-state index in [1.165, 1.54) is 12.0 Å². The van der Waals surface area contributed by atoms with Gasteiger partial charge in [-0.05, 0) is 60.5 Å². The number of halogens is 1. The number of Topliss-reactive ketones (excluding diaryl/α,β-unsaturated/α-hetero) is 1. The highest BCUT2D eigenvalue weighted by Gasteiger charge is 2.47. The lowest BCUT2D eigenvalue weighted by molar-refractivity contribution is -0.132. The van der Waals surface area contributed by atoms with E-state index in [-0.39, 0.29) is 11.3 Å². The average molecular weight is 464 g/mol. The van der Waals surface area contributed by atoms with Crippen LogP contribution < -0.4 is 14.4 Å². The van der Waals surface area contributed by atoms with Crippen LogP contribution >= 0.6 is 11.6 Å². The summed E-state index contributed by atoms with van der Waals surface area (Å²) in [7, 11) is 3.04. The van der Waals surface area contributed by atoms with Gasteiger partial charge in [0.25, 0.3) is 11.7 Å². The van der Waals surface area contributed by atoms with Gasteiger partial charge in [0.2, 0.25) is 0 Å². The number of amides is 1. The normalized spacial score (nSPS) is 17.3. The third kappa shape index (κ3) is 3.94. The van der Waals surface area contributed by atoms with Gasteiger partial charge in [0.05, 0.1) is 30.9 Å². The van der Waals surface area contributed by atoms with Crippen molar-refractivity contribution in [1.29, 1.82) is 0 Å². The van der Waals surface area contributed by atoms with E-state index in [2.05, 4.69) is 0 Å². The van der Waals surface area contributed by atoms with E-state index in [9.17, 15) is 14.7 Å². The van der Waals surface area contributed by atoms with Crippen molar-refractivity contribution in [3.8, 4) is 11.5 Å². The minimum absolute atomic E-state index is 0.00593. The number of ketones is 1. The molecule has 0 radical (unpaired) electrons. The zero-order valence-electron chi connectivity index (χ0n) is 18.3. The summed E-state index contributed by atoms with van der Waals surface area (Å²) in [5.74, 6) is -0.729. The smallest absolute Gasteiger partial charge is 0.300 e. The van der Waals surface area contributed by atoms with Crippen LogP contribution in [0.25, 0.3) is 5.76 Å². The number of rotatable bonds is 5. The summed E-state index contributed by atoms with van der Waals surface area (Å²) in [5, 5.41) is 11.5. The minimum atomic E-state index is -0.835. The molecule has 3 aromatic rings. The second kappa shape index (κ2) is 9.00. The minimum Gasteiger partial charge on any atom is -0.507 e. The topological polar surface area (TPSA) is 76.1 Å². The summed E-state index contributed by atoms with van der Waals surface area (Å²) in [5.41, 5.74) is 2.42. The van der Waals surface area contributed by atoms with Crippen LogP contribution in [0.4, 0.5) is 5.69 Å². The zero-order valence-corrected chi connectivity index (χ0v) is 19.1. The lowest BCUT2D eigenvalue weighted by atomic mass is 9.92. The maximum absolute atomic E-state index is 13.2. The molecule has 1 aliphatic heterocycles. The lowest BCUT2D eigenvalue weighted by Gasteiger charge is -2.27. The molecule has 33 heavy (non-hydrogen) atoms. The van der Waals surface area contributed by atoms with Crippen LogP contribution in [0.2, 0.25) is 5.02 Å². The number of anilines is 1. The summed E-state index contributed by atoms with van der Waals surface area (Å²) >= 11 is 6.32. The second-order valence-electron chi connectivity index (χ2n) is 7.57. The molecule has 0 saturated carbocycles. The van der Waals surface area contributed by atoms with Crippen LogP contribution in [-0.2, 0) is 9.59 Å². The van der Waals surface area contributed by atoms with Crippen molar-refractivity contribution in [3.63, 3.8) is 0 Å². The van der Waals surface area contributed by atoms with E-state index in [1.54, 1.807) is 49.6 Å². The Kier molecular flexibility index (Phi) is 6.11. The van der Waals surface area contributed by atoms with Gasteiger partial charge in [0.1, 0.15) is 17.3 Å². The molecule has 1 saturated heterocycles. The maximum atomic E-state index is 13.2. The number of aryl methyl sites for hydroxylation is 1. The molecule has 4 rings (SSSR count). The number of ether oxygens (including phenoxy) is 2. The third-order valence-corrected chi connectivity index (χ3v) is 6.00. The monoisotopic (exact) mass is 463 g/mol. The Balaban J connectivity index is 1.94. The molecule has 1 amide bonds. The van der Waals surface area contributed by atoms with Crippen LogP contribution in [0.1, 0.15) is 22.7 Å². The number of methoxy groups -OCH3 is 2. The first-order chi connectivity index (χ1) is 15.9. The van der Waals surface area contributed by atoms with Gasteiger partial charge in [-0.1, -0.05) is 35.9 Å². The largest absolute Gasteiger partial charge is 0.507 e. The number of nitrogens with zero attached hydrogens (tertiary/aromatic N) is 1. The zero-order chi connectivity index (χ0) is 23.7. The number of aliphatic hydroxyl groups excluding tert-OH is 1. The Bertz CT molecular complexity index is 1270. The van der Waals surface area contributed by atoms with Crippen LogP contribution in [0.5, 0.6) is 11.5 Å². The third-order valence-electron chi connectivity index (χ3n) is 5.70. The molecule has 0 aromatic heterocycles. The van der Waals surface area contributed by atoms with Crippen LogP contribution in [0.3, 0.4) is 0 Å². The van der Waals surface area contributed by atoms with E-state index < -0.39 is 17.7 Å². The standard InChI is InChI=1S/C26H22ClNO5/c1-15-6-4-5-7-19(15)23-22(24(29)16-8-11-18(32-2)12-9-16)25(30)26(31)28(23)17-10-13-21(33-3)20(27)14-17/h4-14,23,29H,1-3H3/b24-22+. The van der Waals surface area contributed by atoms with Gasteiger partial charge in [0.15, 0.2) is 0 Å². The lowest BCUT2D eigenvalue weighted by Crippen LogP contribution is -2.29. The molecular weight excluding hydrogens is 442 g/mol. The fourth-order valence-corrected chi connectivity index (χ4v) is 4.25. The second-order valence-corrected chi connectivity index (χ2v) is 7.98. The molecule has 7 heteroatoms. The molecule has 0 spiro atoms. The van der Waals surface area contributed by atoms with E-state index in [4.69, 9.17) is 21.1 Å². The summed E-state index contributed by atoms with van der Waals surface area (Å²) < 4.78 is 10.4. The Hall–Kier alpha value is -3.77. The van der Waals surface area contributed by atoms with Crippen LogP contribution in [-0.4, -0.2) is 31.0 Å². The van der Waals surface area contributed by atoms with Crippen molar-refractivity contribution in [3.05, 3.63) is 94.0 Å². The van der Waals surface area contributed by atoms with Crippen LogP contribution in [0, 0.1) is 6.92 Å². The van der Waals surface area contributed by atoms with Gasteiger partial charge < -0.3 is 14.6 Å². The van der Waals surface area contributed by atoms with Crippen molar-refractivity contribution in [2.45, 2.75) is 13.0 Å². The first-order valence-corrected chi connectivity index (χ1v) is 10.6. The van der Waals surface area contributed by atoms with Gasteiger partial charge in [-0.3, -0.25) is 14.5 Å². The molecule has 1 N–H and O–H groups in total. The Labute approximate surface area is 196 Å². The number of hydrogen-bond donors (Lipinski definition) is 1. The summed E-state index contributed by atoms with van der Waals surface area (Å²) in [6.07, 6.45) is 0. The molecule has 1 aliphatic rings. The van der Waals surface area contributed by atoms with E-state index in [0.717, 1.165) is 11.1 Å². The van der Waals surface area contributed by atoms with Crippen LogP contribution in [0.15, 0.2) is 72.3 Å². The number of aliphatic hydroxyl groups is 1. The Morgan fingerprint density at radius 3 is 2.27 bits per heavy atom. The SMILES string of the molecule is COc1ccc(/C(O)=C2\C(=O)C(=O)N(c3ccc(OC)c(Cl)c3)C2c2ccccc2C)cc1. The van der Waals surface area contributed by atoms with Gasteiger partial charge in [-0.15, -0.1) is 0 Å². The van der Waals surface area contributed by atoms with Gasteiger partial charge >= 0.3 is 0 Å². The molecule has 1 atom stereocenters. The number of benzene rings is 3. The predicted molar refractivity (Wildman–Crippen MR) is 127 cm³/mol. The Morgan fingerprint density at radius 1 is 0.970 bits per heavy atom. The summed E-state index contributed by atoms with van der Waals surface area (Å²) in [4.78, 5) is 27.9. The molecule has 168 valence electrons. The highest BCUT2D eigenvalue weighted by atomic mass is 35.5. The molecule has 1 fully saturated rings. The molecular formula is C26H22ClNO5. The van der Waals surface area contributed by atoms with Crippen molar-refractivity contribution >= 4 is 34.7 Å². The first kappa shape index (κ1) is 22.4. The van der Waals surface area contributed by atoms with Crippen molar-refractivity contribution in [2.24, 2.45) is 0 Å². The van der Waals surface area contributed by atoms with E-state index in [1.807, 2.05) is 31.2 Å². The summed E-state index contributed by atoms with van der Waals surface area (Å²) in [6.45, 7) is 1.89.